The SMILES string of the molecule is CC1CCN(C(=O)COc2cc(Cl)c(Cl)cc2Cl)C1CO. The molecule has 2 rings (SSSR count). The molecule has 7 heteroatoms. The fraction of sp³-hybridized carbons (Fsp3) is 0.500. The average Bonchev–Trinajstić information content (AvgIpc) is 2.82. The standard InChI is InChI=1S/C14H16Cl3NO3/c1-8-2-3-18(12(8)6-19)14(20)7-21-13-5-10(16)9(15)4-11(13)17/h4-5,8,12,19H,2-3,6-7H2,1H3. The highest BCUT2D eigenvalue weighted by atomic mass is 35.5. The van der Waals surface area contributed by atoms with Crippen molar-refractivity contribution in [2.45, 2.75) is 19.4 Å². The zero-order valence-corrected chi connectivity index (χ0v) is 13.8. The summed E-state index contributed by atoms with van der Waals surface area (Å²) in [7, 11) is 0. The van der Waals surface area contributed by atoms with Gasteiger partial charge in [0.15, 0.2) is 6.61 Å². The third-order valence-electron chi connectivity index (χ3n) is 3.72. The van der Waals surface area contributed by atoms with Crippen LogP contribution in [0.25, 0.3) is 0 Å². The lowest BCUT2D eigenvalue weighted by Crippen LogP contribution is -2.42. The van der Waals surface area contributed by atoms with Crippen LogP contribution in [0.4, 0.5) is 0 Å². The van der Waals surface area contributed by atoms with Crippen molar-refractivity contribution in [1.29, 1.82) is 0 Å². The highest BCUT2D eigenvalue weighted by Gasteiger charge is 2.33. The fourth-order valence-electron chi connectivity index (χ4n) is 2.43. The molecular weight excluding hydrogens is 337 g/mol. The minimum absolute atomic E-state index is 0.0412. The molecule has 1 aromatic carbocycles. The van der Waals surface area contributed by atoms with E-state index in [4.69, 9.17) is 39.5 Å². The molecule has 1 aromatic rings. The molecule has 1 aliphatic heterocycles. The number of carbonyl (C=O) groups excluding carboxylic acids is 1. The highest BCUT2D eigenvalue weighted by molar-refractivity contribution is 6.43. The van der Waals surface area contributed by atoms with E-state index in [1.165, 1.54) is 12.1 Å². The minimum atomic E-state index is -0.180. The zero-order valence-electron chi connectivity index (χ0n) is 11.5. The van der Waals surface area contributed by atoms with Gasteiger partial charge in [-0.1, -0.05) is 41.7 Å². The number of ether oxygens (including phenoxy) is 1. The third-order valence-corrected chi connectivity index (χ3v) is 4.73. The number of hydrogen-bond donors (Lipinski definition) is 1. The van der Waals surface area contributed by atoms with Crippen LogP contribution in [0, 0.1) is 5.92 Å². The van der Waals surface area contributed by atoms with Crippen LogP contribution in [-0.2, 0) is 4.79 Å². The number of carbonyl (C=O) groups is 1. The van der Waals surface area contributed by atoms with Crippen molar-refractivity contribution in [3.8, 4) is 5.75 Å². The molecule has 0 aliphatic carbocycles. The first-order valence-electron chi connectivity index (χ1n) is 6.61. The highest BCUT2D eigenvalue weighted by Crippen LogP contribution is 2.34. The largest absolute Gasteiger partial charge is 0.482 e. The Kier molecular flexibility index (Phi) is 5.60. The number of amides is 1. The molecule has 0 saturated carbocycles. The van der Waals surface area contributed by atoms with Crippen LogP contribution in [0.15, 0.2) is 12.1 Å². The predicted molar refractivity (Wildman–Crippen MR) is 83.3 cm³/mol. The molecule has 1 fully saturated rings. The van der Waals surface area contributed by atoms with Gasteiger partial charge in [-0.25, -0.2) is 0 Å². The molecule has 0 aromatic heterocycles. The van der Waals surface area contributed by atoms with Crippen LogP contribution in [0.1, 0.15) is 13.3 Å². The van der Waals surface area contributed by atoms with E-state index in [0.29, 0.717) is 27.4 Å². The molecule has 21 heavy (non-hydrogen) atoms. The number of halogens is 3. The molecule has 0 spiro atoms. The summed E-state index contributed by atoms with van der Waals surface area (Å²) in [6, 6.07) is 2.81. The van der Waals surface area contributed by atoms with Crippen LogP contribution < -0.4 is 4.74 Å². The number of nitrogens with zero attached hydrogens (tertiary/aromatic N) is 1. The second-order valence-corrected chi connectivity index (χ2v) is 6.31. The second kappa shape index (κ2) is 7.05. The van der Waals surface area contributed by atoms with Crippen molar-refractivity contribution in [3.05, 3.63) is 27.2 Å². The van der Waals surface area contributed by atoms with Crippen molar-refractivity contribution in [3.63, 3.8) is 0 Å². The Hall–Kier alpha value is -0.680. The van der Waals surface area contributed by atoms with Gasteiger partial charge in [-0.3, -0.25) is 4.79 Å². The summed E-state index contributed by atoms with van der Waals surface area (Å²) in [6.07, 6.45) is 0.879. The maximum absolute atomic E-state index is 12.2. The molecule has 4 nitrogen and oxygen atoms in total. The van der Waals surface area contributed by atoms with E-state index in [0.717, 1.165) is 6.42 Å². The molecule has 2 atom stereocenters. The van der Waals surface area contributed by atoms with E-state index in [-0.39, 0.29) is 31.1 Å². The lowest BCUT2D eigenvalue weighted by Gasteiger charge is -2.25. The van der Waals surface area contributed by atoms with Crippen molar-refractivity contribution in [2.75, 3.05) is 19.8 Å². The summed E-state index contributed by atoms with van der Waals surface area (Å²) >= 11 is 17.7. The van der Waals surface area contributed by atoms with Gasteiger partial charge in [0.25, 0.3) is 5.91 Å². The van der Waals surface area contributed by atoms with Gasteiger partial charge in [0, 0.05) is 12.6 Å². The van der Waals surface area contributed by atoms with E-state index in [2.05, 4.69) is 0 Å². The van der Waals surface area contributed by atoms with Gasteiger partial charge in [0.1, 0.15) is 5.75 Å². The summed E-state index contributed by atoms with van der Waals surface area (Å²) in [6.45, 7) is 2.45. The van der Waals surface area contributed by atoms with Gasteiger partial charge >= 0.3 is 0 Å². The number of benzene rings is 1. The van der Waals surface area contributed by atoms with Gasteiger partial charge in [-0.2, -0.15) is 0 Å². The third kappa shape index (κ3) is 3.75. The molecule has 1 N–H and O–H groups in total. The topological polar surface area (TPSA) is 49.8 Å². The first kappa shape index (κ1) is 16.7. The summed E-state index contributed by atoms with van der Waals surface area (Å²) < 4.78 is 5.43. The van der Waals surface area contributed by atoms with Crippen LogP contribution in [0.5, 0.6) is 5.75 Å². The van der Waals surface area contributed by atoms with Crippen LogP contribution in [0.2, 0.25) is 15.1 Å². The van der Waals surface area contributed by atoms with Gasteiger partial charge in [-0.05, 0) is 18.4 Å². The maximum atomic E-state index is 12.2. The van der Waals surface area contributed by atoms with Gasteiger partial charge < -0.3 is 14.7 Å². The maximum Gasteiger partial charge on any atom is 0.260 e. The molecule has 1 amide bonds. The Bertz CT molecular complexity index is 538. The van der Waals surface area contributed by atoms with E-state index < -0.39 is 0 Å². The molecule has 1 heterocycles. The molecule has 2 unspecified atom stereocenters. The van der Waals surface area contributed by atoms with Crippen LogP contribution >= 0.6 is 34.8 Å². The number of aliphatic hydroxyl groups is 1. The Balaban J connectivity index is 2.00. The number of rotatable bonds is 4. The number of aliphatic hydroxyl groups excluding tert-OH is 1. The molecule has 0 bridgehead atoms. The minimum Gasteiger partial charge on any atom is -0.482 e. The van der Waals surface area contributed by atoms with Crippen molar-refractivity contribution in [1.82, 2.24) is 4.90 Å². The van der Waals surface area contributed by atoms with E-state index in [9.17, 15) is 9.90 Å². The van der Waals surface area contributed by atoms with E-state index >= 15 is 0 Å². The van der Waals surface area contributed by atoms with Crippen molar-refractivity contribution < 1.29 is 14.6 Å². The van der Waals surface area contributed by atoms with Crippen LogP contribution in [0.3, 0.4) is 0 Å². The van der Waals surface area contributed by atoms with Crippen molar-refractivity contribution >= 4 is 40.7 Å². The Morgan fingerprint density at radius 3 is 2.67 bits per heavy atom. The Morgan fingerprint density at radius 2 is 2.00 bits per heavy atom. The smallest absolute Gasteiger partial charge is 0.260 e. The Labute approximate surface area is 138 Å². The van der Waals surface area contributed by atoms with E-state index in [1.807, 2.05) is 6.92 Å². The first-order valence-corrected chi connectivity index (χ1v) is 7.75. The fourth-order valence-corrected chi connectivity index (χ4v) is 3.02. The normalized spacial score (nSPS) is 21.7. The lowest BCUT2D eigenvalue weighted by molar-refractivity contribution is -0.135. The molecular formula is C14H16Cl3NO3. The van der Waals surface area contributed by atoms with Gasteiger partial charge in [0.05, 0.1) is 27.7 Å². The van der Waals surface area contributed by atoms with Gasteiger partial charge in [-0.15, -0.1) is 0 Å². The summed E-state index contributed by atoms with van der Waals surface area (Å²) in [5, 5.41) is 10.3. The van der Waals surface area contributed by atoms with E-state index in [1.54, 1.807) is 4.90 Å². The summed E-state index contributed by atoms with van der Waals surface area (Å²) in [5.41, 5.74) is 0. The summed E-state index contributed by atoms with van der Waals surface area (Å²) in [4.78, 5) is 13.8. The molecule has 0 radical (unpaired) electrons. The number of hydrogen-bond acceptors (Lipinski definition) is 3. The van der Waals surface area contributed by atoms with Crippen LogP contribution in [-0.4, -0.2) is 41.7 Å². The molecule has 116 valence electrons. The number of likely N-dealkylation sites (tertiary alicyclic amines) is 1. The quantitative estimate of drug-likeness (QED) is 0.846. The monoisotopic (exact) mass is 351 g/mol. The second-order valence-electron chi connectivity index (χ2n) is 5.09. The summed E-state index contributed by atoms with van der Waals surface area (Å²) in [5.74, 6) is 0.417. The zero-order chi connectivity index (χ0) is 15.6. The average molecular weight is 353 g/mol. The Morgan fingerprint density at radius 1 is 1.33 bits per heavy atom. The van der Waals surface area contributed by atoms with Gasteiger partial charge in [0.2, 0.25) is 0 Å². The van der Waals surface area contributed by atoms with Crippen molar-refractivity contribution in [2.24, 2.45) is 5.92 Å². The molecule has 1 aliphatic rings. The molecule has 1 saturated heterocycles. The predicted octanol–water partition coefficient (Wildman–Crippen LogP) is 3.25. The lowest BCUT2D eigenvalue weighted by atomic mass is 10.0. The first-order chi connectivity index (χ1) is 9.93.